The monoisotopic (exact) mass is 391 g/mol. The highest BCUT2D eigenvalue weighted by molar-refractivity contribution is 7.99. The van der Waals surface area contributed by atoms with Crippen LogP contribution < -0.4 is 0 Å². The van der Waals surface area contributed by atoms with Gasteiger partial charge in [0.2, 0.25) is 0 Å². The molecule has 4 heteroatoms. The summed E-state index contributed by atoms with van der Waals surface area (Å²) in [5.41, 5.74) is 2.23. The Balaban J connectivity index is 1.79. The third-order valence-corrected chi connectivity index (χ3v) is 6.51. The fourth-order valence-corrected chi connectivity index (χ4v) is 4.96. The number of benzene rings is 2. The van der Waals surface area contributed by atoms with E-state index in [2.05, 4.69) is 24.3 Å². The number of hydrogen-bond donors (Lipinski definition) is 1. The standard InChI is InChI=1S/C22H28O2S2/c23-22(24)14-8-7-13-21(26-18-20-11-5-2-6-12-20)15-16-25-17-19-9-3-1-4-10-19/h1-6,9-12,21H,7-8,13-18H2,(H,23,24)/i1D,3D,4D. The lowest BCUT2D eigenvalue weighted by atomic mass is 10.1. The molecule has 0 aromatic heterocycles. The van der Waals surface area contributed by atoms with Gasteiger partial charge in [-0.05, 0) is 36.1 Å². The van der Waals surface area contributed by atoms with E-state index in [0.717, 1.165) is 48.5 Å². The second-order valence-corrected chi connectivity index (χ2v) is 8.57. The quantitative estimate of drug-likeness (QED) is 0.409. The molecule has 0 amide bonds. The molecule has 140 valence electrons. The molecule has 2 aromatic carbocycles. The Morgan fingerprint density at radius 3 is 2.42 bits per heavy atom. The van der Waals surface area contributed by atoms with Crippen molar-refractivity contribution in [2.24, 2.45) is 0 Å². The Hall–Kier alpha value is -1.39. The summed E-state index contributed by atoms with van der Waals surface area (Å²) in [6.45, 7) is 0. The van der Waals surface area contributed by atoms with Crippen LogP contribution in [0.4, 0.5) is 0 Å². The molecule has 0 saturated heterocycles. The highest BCUT2D eigenvalue weighted by Crippen LogP contribution is 2.27. The van der Waals surface area contributed by atoms with Crippen molar-refractivity contribution >= 4 is 29.5 Å². The van der Waals surface area contributed by atoms with Crippen molar-refractivity contribution in [3.8, 4) is 0 Å². The van der Waals surface area contributed by atoms with Gasteiger partial charge in [0.1, 0.15) is 0 Å². The average molecular weight is 392 g/mol. The summed E-state index contributed by atoms with van der Waals surface area (Å²) in [6.07, 6.45) is 3.96. The van der Waals surface area contributed by atoms with E-state index in [0.29, 0.717) is 5.25 Å². The zero-order valence-electron chi connectivity index (χ0n) is 17.9. The normalized spacial score (nSPS) is 13.6. The van der Waals surface area contributed by atoms with E-state index in [1.54, 1.807) is 23.9 Å². The van der Waals surface area contributed by atoms with Crippen LogP contribution in [0.15, 0.2) is 60.6 Å². The summed E-state index contributed by atoms with van der Waals surface area (Å²) in [4.78, 5) is 10.7. The molecule has 0 aliphatic rings. The van der Waals surface area contributed by atoms with E-state index in [4.69, 9.17) is 9.22 Å². The van der Waals surface area contributed by atoms with Crippen LogP contribution in [0.3, 0.4) is 0 Å². The van der Waals surface area contributed by atoms with Crippen LogP contribution in [-0.4, -0.2) is 22.1 Å². The maximum absolute atomic E-state index is 10.7. The topological polar surface area (TPSA) is 37.3 Å². The van der Waals surface area contributed by atoms with Crippen molar-refractivity contribution in [1.29, 1.82) is 0 Å². The Labute approximate surface area is 170 Å². The number of carboxylic acids is 1. The molecular weight excluding hydrogens is 360 g/mol. The fourth-order valence-electron chi connectivity index (χ4n) is 2.58. The van der Waals surface area contributed by atoms with Crippen LogP contribution in [0.5, 0.6) is 0 Å². The Bertz CT molecular complexity index is 749. The number of hydrogen-bond acceptors (Lipinski definition) is 3. The van der Waals surface area contributed by atoms with Gasteiger partial charge in [0.25, 0.3) is 0 Å². The van der Waals surface area contributed by atoms with Crippen molar-refractivity contribution in [3.05, 3.63) is 71.7 Å². The van der Waals surface area contributed by atoms with Crippen molar-refractivity contribution in [1.82, 2.24) is 0 Å². The van der Waals surface area contributed by atoms with Crippen molar-refractivity contribution in [2.75, 3.05) is 5.75 Å². The number of rotatable bonds is 13. The van der Waals surface area contributed by atoms with Crippen LogP contribution in [0, 0.1) is 0 Å². The smallest absolute Gasteiger partial charge is 0.303 e. The van der Waals surface area contributed by atoms with Crippen LogP contribution >= 0.6 is 23.5 Å². The van der Waals surface area contributed by atoms with E-state index in [1.165, 1.54) is 5.56 Å². The summed E-state index contributed by atoms with van der Waals surface area (Å²) in [5, 5.41) is 9.31. The molecule has 1 atom stereocenters. The summed E-state index contributed by atoms with van der Waals surface area (Å²) >= 11 is 3.73. The molecule has 0 bridgehead atoms. The SMILES string of the molecule is [2H]c1cc(CSCCC(CCCCC(=O)O)SCc2ccccc2)cc([2H])c1[2H]. The minimum Gasteiger partial charge on any atom is -0.481 e. The molecule has 26 heavy (non-hydrogen) atoms. The number of carbonyl (C=O) groups is 1. The molecule has 0 heterocycles. The van der Waals surface area contributed by atoms with Gasteiger partial charge in [-0.3, -0.25) is 4.79 Å². The molecule has 0 aliphatic heterocycles. The molecule has 1 N–H and O–H groups in total. The van der Waals surface area contributed by atoms with E-state index in [1.807, 2.05) is 17.8 Å². The average Bonchev–Trinajstić information content (AvgIpc) is 2.70. The van der Waals surface area contributed by atoms with Crippen LogP contribution in [-0.2, 0) is 16.3 Å². The predicted octanol–water partition coefficient (Wildman–Crippen LogP) is 6.26. The zero-order chi connectivity index (χ0) is 21.1. The second kappa shape index (κ2) is 12.9. The maximum atomic E-state index is 10.7. The Morgan fingerprint density at radius 1 is 0.962 bits per heavy atom. The predicted molar refractivity (Wildman–Crippen MR) is 115 cm³/mol. The first-order chi connectivity index (χ1) is 14.0. The first kappa shape index (κ1) is 16.8. The van der Waals surface area contributed by atoms with Crippen LogP contribution in [0.1, 0.15) is 47.3 Å². The van der Waals surface area contributed by atoms with E-state index < -0.39 is 5.97 Å². The van der Waals surface area contributed by atoms with Gasteiger partial charge in [0.15, 0.2) is 0 Å². The highest BCUT2D eigenvalue weighted by atomic mass is 32.2. The van der Waals surface area contributed by atoms with Gasteiger partial charge in [-0.2, -0.15) is 23.5 Å². The summed E-state index contributed by atoms with van der Waals surface area (Å²) in [7, 11) is 0. The van der Waals surface area contributed by atoms with E-state index in [-0.39, 0.29) is 24.5 Å². The van der Waals surface area contributed by atoms with Crippen molar-refractivity contribution in [2.45, 2.75) is 48.9 Å². The minimum absolute atomic E-state index is 0.0162. The molecule has 0 radical (unpaired) electrons. The lowest BCUT2D eigenvalue weighted by Gasteiger charge is -2.16. The second-order valence-electron chi connectivity index (χ2n) is 6.18. The third-order valence-electron chi connectivity index (χ3n) is 4.01. The van der Waals surface area contributed by atoms with Gasteiger partial charge in [-0.1, -0.05) is 67.0 Å². The molecular formula is C22H28O2S2. The lowest BCUT2D eigenvalue weighted by molar-refractivity contribution is -0.137. The summed E-state index contributed by atoms with van der Waals surface area (Å²) in [5.74, 6) is 1.96. The Kier molecular flexibility index (Phi) is 8.30. The first-order valence-corrected chi connectivity index (χ1v) is 11.2. The van der Waals surface area contributed by atoms with Gasteiger partial charge < -0.3 is 5.11 Å². The maximum Gasteiger partial charge on any atom is 0.303 e. The highest BCUT2D eigenvalue weighted by Gasteiger charge is 2.10. The number of thioether (sulfide) groups is 2. The molecule has 1 unspecified atom stereocenters. The molecule has 2 rings (SSSR count). The van der Waals surface area contributed by atoms with Crippen LogP contribution in [0.25, 0.3) is 0 Å². The van der Waals surface area contributed by atoms with Crippen LogP contribution in [0.2, 0.25) is 0 Å². The molecule has 2 nitrogen and oxygen atoms in total. The molecule has 0 saturated carbocycles. The van der Waals surface area contributed by atoms with Gasteiger partial charge in [0.05, 0.1) is 4.11 Å². The molecule has 0 fully saturated rings. The molecule has 0 aliphatic carbocycles. The van der Waals surface area contributed by atoms with E-state index >= 15 is 0 Å². The fraction of sp³-hybridized carbons (Fsp3) is 0.409. The van der Waals surface area contributed by atoms with E-state index in [9.17, 15) is 4.79 Å². The van der Waals surface area contributed by atoms with Gasteiger partial charge >= 0.3 is 5.97 Å². The summed E-state index contributed by atoms with van der Waals surface area (Å²) in [6, 6.07) is 14.0. The van der Waals surface area contributed by atoms with Gasteiger partial charge in [0, 0.05) is 23.2 Å². The summed E-state index contributed by atoms with van der Waals surface area (Å²) < 4.78 is 23.1. The lowest BCUT2D eigenvalue weighted by Crippen LogP contribution is -2.06. The first-order valence-electron chi connectivity index (χ1n) is 10.5. The van der Waals surface area contributed by atoms with Gasteiger partial charge in [-0.25, -0.2) is 0 Å². The Morgan fingerprint density at radius 2 is 1.69 bits per heavy atom. The number of unbranched alkanes of at least 4 members (excludes halogenated alkanes) is 1. The number of carboxylic acid groups (broad SMARTS) is 1. The molecule has 2 aromatic rings. The molecule has 0 spiro atoms. The van der Waals surface area contributed by atoms with Gasteiger partial charge in [-0.15, -0.1) is 0 Å². The number of aliphatic carboxylic acids is 1. The zero-order valence-corrected chi connectivity index (χ0v) is 16.6. The minimum atomic E-state index is -0.727. The third kappa shape index (κ3) is 9.35. The van der Waals surface area contributed by atoms with Crippen molar-refractivity contribution in [3.63, 3.8) is 0 Å². The van der Waals surface area contributed by atoms with Crippen molar-refractivity contribution < 1.29 is 14.0 Å². The largest absolute Gasteiger partial charge is 0.481 e.